The normalized spacial score (nSPS) is 20.0. The van der Waals surface area contributed by atoms with Crippen LogP contribution in [0.4, 0.5) is 0 Å². The molecule has 0 unspecified atom stereocenters. The molecule has 0 aliphatic heterocycles. The Bertz CT molecular complexity index is 634. The number of carbonyl (C=O) groups is 2. The molecule has 0 aromatic heterocycles. The van der Waals surface area contributed by atoms with E-state index in [1.807, 2.05) is 12.1 Å². The highest BCUT2D eigenvalue weighted by Crippen LogP contribution is 2.38. The van der Waals surface area contributed by atoms with Crippen LogP contribution in [0.3, 0.4) is 0 Å². The van der Waals surface area contributed by atoms with Gasteiger partial charge in [-0.3, -0.25) is 9.59 Å². The number of methoxy groups -OCH3 is 1. The molecule has 156 valence electrons. The number of ether oxygens (including phenoxy) is 1. The summed E-state index contributed by atoms with van der Waals surface area (Å²) in [7, 11) is 1.78. The first-order valence-electron chi connectivity index (χ1n) is 10.1. The largest absolute Gasteiger partial charge is 0.481 e. The van der Waals surface area contributed by atoms with Crippen LogP contribution in [0.5, 0.6) is 0 Å². The van der Waals surface area contributed by atoms with Crippen molar-refractivity contribution in [1.82, 2.24) is 10.6 Å². The predicted molar refractivity (Wildman–Crippen MR) is 109 cm³/mol. The number of nitrogens with one attached hydrogen (secondary N) is 2. The number of carboxylic acids is 1. The molecule has 6 nitrogen and oxygen atoms in total. The van der Waals surface area contributed by atoms with Crippen molar-refractivity contribution in [3.05, 3.63) is 35.4 Å². The molecular weight excluding hydrogens is 356 g/mol. The van der Waals surface area contributed by atoms with Crippen molar-refractivity contribution in [3.8, 4) is 0 Å². The van der Waals surface area contributed by atoms with Crippen molar-refractivity contribution in [1.29, 1.82) is 0 Å². The summed E-state index contributed by atoms with van der Waals surface area (Å²) < 4.78 is 5.38. The van der Waals surface area contributed by atoms with Crippen molar-refractivity contribution in [2.75, 3.05) is 20.3 Å². The van der Waals surface area contributed by atoms with E-state index < -0.39 is 5.97 Å². The van der Waals surface area contributed by atoms with E-state index in [0.717, 1.165) is 18.7 Å². The number of carboxylic acid groups (broad SMARTS) is 1. The molecule has 0 spiro atoms. The van der Waals surface area contributed by atoms with Crippen LogP contribution in [-0.4, -0.2) is 43.3 Å². The summed E-state index contributed by atoms with van der Waals surface area (Å²) in [6.45, 7) is 6.34. The fourth-order valence-electron chi connectivity index (χ4n) is 3.99. The van der Waals surface area contributed by atoms with Crippen molar-refractivity contribution in [2.45, 2.75) is 58.5 Å². The van der Waals surface area contributed by atoms with Gasteiger partial charge in [-0.1, -0.05) is 26.0 Å². The minimum Gasteiger partial charge on any atom is -0.481 e. The van der Waals surface area contributed by atoms with E-state index >= 15 is 0 Å². The summed E-state index contributed by atoms with van der Waals surface area (Å²) in [6.07, 6.45) is 4.75. The topological polar surface area (TPSA) is 87.7 Å². The number of benzene rings is 1. The molecular formula is C22H34N2O4. The van der Waals surface area contributed by atoms with Crippen LogP contribution in [0.1, 0.15) is 61.9 Å². The number of rotatable bonds is 10. The van der Waals surface area contributed by atoms with E-state index in [-0.39, 0.29) is 24.3 Å². The zero-order chi connectivity index (χ0) is 20.6. The third-order valence-corrected chi connectivity index (χ3v) is 5.78. The lowest BCUT2D eigenvalue weighted by atomic mass is 9.70. The highest BCUT2D eigenvalue weighted by Gasteiger charge is 2.32. The molecule has 1 aromatic rings. The quantitative estimate of drug-likeness (QED) is 0.571. The molecule has 0 atom stereocenters. The molecule has 0 bridgehead atoms. The SMILES string of the molecule is COCC(C)(C)C1CCC(NCc2ccc(C(=O)NCCC(=O)O)cc2)CC1. The van der Waals surface area contributed by atoms with Crippen LogP contribution >= 0.6 is 0 Å². The number of hydrogen-bond donors (Lipinski definition) is 3. The number of aliphatic carboxylic acids is 1. The molecule has 0 radical (unpaired) electrons. The van der Waals surface area contributed by atoms with Gasteiger partial charge in [-0.05, 0) is 54.7 Å². The molecule has 1 aliphatic rings. The standard InChI is InChI=1S/C22H34N2O4/c1-22(2,15-28-3)18-8-10-19(11-9-18)24-14-16-4-6-17(7-5-16)21(27)23-13-12-20(25)26/h4-7,18-19,24H,8-15H2,1-3H3,(H,23,27)(H,25,26). The van der Waals surface area contributed by atoms with Crippen molar-refractivity contribution >= 4 is 11.9 Å². The molecule has 1 saturated carbocycles. The summed E-state index contributed by atoms with van der Waals surface area (Å²) in [5.41, 5.74) is 1.93. The highest BCUT2D eigenvalue weighted by atomic mass is 16.5. The molecule has 1 fully saturated rings. The summed E-state index contributed by atoms with van der Waals surface area (Å²) in [5, 5.41) is 14.9. The summed E-state index contributed by atoms with van der Waals surface area (Å²) >= 11 is 0. The molecule has 1 aliphatic carbocycles. The average Bonchev–Trinajstić information content (AvgIpc) is 2.66. The van der Waals surface area contributed by atoms with Crippen LogP contribution < -0.4 is 10.6 Å². The first kappa shape index (κ1) is 22.4. The van der Waals surface area contributed by atoms with Gasteiger partial charge in [0.25, 0.3) is 5.91 Å². The van der Waals surface area contributed by atoms with E-state index in [1.54, 1.807) is 19.2 Å². The number of hydrogen-bond acceptors (Lipinski definition) is 4. The minimum absolute atomic E-state index is 0.0708. The molecule has 3 N–H and O–H groups in total. The maximum Gasteiger partial charge on any atom is 0.305 e. The Balaban J connectivity index is 1.74. The Morgan fingerprint density at radius 2 is 1.79 bits per heavy atom. The van der Waals surface area contributed by atoms with Gasteiger partial charge in [0.1, 0.15) is 0 Å². The fraction of sp³-hybridized carbons (Fsp3) is 0.636. The Morgan fingerprint density at radius 3 is 2.36 bits per heavy atom. The Labute approximate surface area is 168 Å². The van der Waals surface area contributed by atoms with Gasteiger partial charge in [-0.25, -0.2) is 0 Å². The van der Waals surface area contributed by atoms with Crippen LogP contribution in [0.2, 0.25) is 0 Å². The van der Waals surface area contributed by atoms with Crippen molar-refractivity contribution in [3.63, 3.8) is 0 Å². The van der Waals surface area contributed by atoms with E-state index in [2.05, 4.69) is 24.5 Å². The third-order valence-electron chi connectivity index (χ3n) is 5.78. The minimum atomic E-state index is -0.919. The first-order valence-corrected chi connectivity index (χ1v) is 10.1. The lowest BCUT2D eigenvalue weighted by Crippen LogP contribution is -2.38. The van der Waals surface area contributed by atoms with Gasteiger partial charge in [0.2, 0.25) is 0 Å². The molecule has 1 aromatic carbocycles. The Morgan fingerprint density at radius 1 is 1.14 bits per heavy atom. The summed E-state index contributed by atoms with van der Waals surface area (Å²) in [4.78, 5) is 22.5. The van der Waals surface area contributed by atoms with E-state index in [9.17, 15) is 9.59 Å². The highest BCUT2D eigenvalue weighted by molar-refractivity contribution is 5.94. The second-order valence-electron chi connectivity index (χ2n) is 8.45. The smallest absolute Gasteiger partial charge is 0.305 e. The van der Waals surface area contributed by atoms with Gasteiger partial charge in [0, 0.05) is 31.8 Å². The van der Waals surface area contributed by atoms with Gasteiger partial charge in [0.05, 0.1) is 13.0 Å². The lowest BCUT2D eigenvalue weighted by Gasteiger charge is -2.39. The van der Waals surface area contributed by atoms with Crippen LogP contribution in [0.25, 0.3) is 0 Å². The summed E-state index contributed by atoms with van der Waals surface area (Å²) in [6, 6.07) is 8.02. The fourth-order valence-corrected chi connectivity index (χ4v) is 3.99. The van der Waals surface area contributed by atoms with Crippen LogP contribution in [0.15, 0.2) is 24.3 Å². The number of amides is 1. The van der Waals surface area contributed by atoms with Crippen molar-refractivity contribution < 1.29 is 19.4 Å². The molecule has 28 heavy (non-hydrogen) atoms. The zero-order valence-corrected chi connectivity index (χ0v) is 17.3. The van der Waals surface area contributed by atoms with Gasteiger partial charge in [-0.15, -0.1) is 0 Å². The molecule has 6 heteroatoms. The first-order chi connectivity index (χ1) is 13.3. The van der Waals surface area contributed by atoms with E-state index in [1.165, 1.54) is 25.7 Å². The molecule has 2 rings (SSSR count). The molecule has 0 saturated heterocycles. The van der Waals surface area contributed by atoms with Gasteiger partial charge < -0.3 is 20.5 Å². The molecule has 1 amide bonds. The maximum atomic E-state index is 12.0. The third kappa shape index (κ3) is 6.91. The lowest BCUT2D eigenvalue weighted by molar-refractivity contribution is -0.136. The van der Waals surface area contributed by atoms with E-state index in [4.69, 9.17) is 9.84 Å². The maximum absolute atomic E-state index is 12.0. The zero-order valence-electron chi connectivity index (χ0n) is 17.3. The van der Waals surface area contributed by atoms with Gasteiger partial charge in [-0.2, -0.15) is 0 Å². The molecule has 0 heterocycles. The summed E-state index contributed by atoms with van der Waals surface area (Å²) in [5.74, 6) is -0.444. The Kier molecular flexibility index (Phi) is 8.45. The van der Waals surface area contributed by atoms with Crippen LogP contribution in [-0.2, 0) is 16.1 Å². The predicted octanol–water partition coefficient (Wildman–Crippen LogP) is 3.21. The van der Waals surface area contributed by atoms with Crippen LogP contribution in [0, 0.1) is 11.3 Å². The average molecular weight is 391 g/mol. The van der Waals surface area contributed by atoms with Gasteiger partial charge >= 0.3 is 5.97 Å². The van der Waals surface area contributed by atoms with Gasteiger partial charge in [0.15, 0.2) is 0 Å². The Hall–Kier alpha value is -1.92. The van der Waals surface area contributed by atoms with E-state index in [0.29, 0.717) is 17.5 Å². The van der Waals surface area contributed by atoms with Crippen molar-refractivity contribution in [2.24, 2.45) is 11.3 Å². The second kappa shape index (κ2) is 10.6. The number of carbonyl (C=O) groups excluding carboxylic acids is 1. The monoisotopic (exact) mass is 390 g/mol. The second-order valence-corrected chi connectivity index (χ2v) is 8.45.